The lowest BCUT2D eigenvalue weighted by Gasteiger charge is -2.11. The molecule has 0 amide bonds. The number of esters is 2. The Morgan fingerprint density at radius 1 is 1.17 bits per heavy atom. The molecule has 122 valence electrons. The Labute approximate surface area is 143 Å². The third-order valence-corrected chi connectivity index (χ3v) is 4.42. The molecule has 0 saturated carbocycles. The summed E-state index contributed by atoms with van der Waals surface area (Å²) in [7, 11) is 1.31. The monoisotopic (exact) mass is 379 g/mol. The normalized spacial score (nSPS) is 10.5. The number of rotatable bonds is 4. The van der Waals surface area contributed by atoms with Crippen LogP contribution in [-0.4, -0.2) is 23.6 Å². The Kier molecular flexibility index (Phi) is 5.26. The van der Waals surface area contributed by atoms with Crippen molar-refractivity contribution in [2.45, 2.75) is 27.3 Å². The van der Waals surface area contributed by atoms with E-state index >= 15 is 0 Å². The fourth-order valence-electron chi connectivity index (χ4n) is 2.50. The van der Waals surface area contributed by atoms with Crippen molar-refractivity contribution in [2.75, 3.05) is 7.11 Å². The van der Waals surface area contributed by atoms with Crippen molar-refractivity contribution in [1.82, 2.24) is 4.57 Å². The second kappa shape index (κ2) is 7.00. The van der Waals surface area contributed by atoms with Crippen molar-refractivity contribution in [1.29, 1.82) is 0 Å². The summed E-state index contributed by atoms with van der Waals surface area (Å²) in [6.45, 7) is 5.48. The molecule has 2 aromatic rings. The van der Waals surface area contributed by atoms with Crippen molar-refractivity contribution in [3.05, 3.63) is 51.3 Å². The smallest absolute Gasteiger partial charge is 0.343 e. The number of carbonyl (C=O) groups excluding carboxylic acids is 2. The molecule has 0 atom stereocenters. The van der Waals surface area contributed by atoms with E-state index in [0.717, 1.165) is 10.0 Å². The fraction of sp³-hybridized carbons (Fsp3) is 0.294. The van der Waals surface area contributed by atoms with Crippen LogP contribution in [0.4, 0.5) is 0 Å². The molecule has 0 unspecified atom stereocenters. The second-order valence-electron chi connectivity index (χ2n) is 5.14. The van der Waals surface area contributed by atoms with E-state index in [-0.39, 0.29) is 11.3 Å². The van der Waals surface area contributed by atoms with Gasteiger partial charge in [0.1, 0.15) is 5.56 Å². The molecule has 0 radical (unpaired) electrons. The van der Waals surface area contributed by atoms with E-state index in [2.05, 4.69) is 15.9 Å². The van der Waals surface area contributed by atoms with E-state index in [0.29, 0.717) is 17.9 Å². The Bertz CT molecular complexity index is 764. The Morgan fingerprint density at radius 2 is 1.83 bits per heavy atom. The quantitative estimate of drug-likeness (QED) is 0.761. The standard InChI is InChI=1S/C17H18BrNO4/c1-10-15(17(21)22-4)16(23-12(3)20)11(2)19(10)9-13-7-5-6-8-14(13)18/h5-8H,9H2,1-4H3. The van der Waals surface area contributed by atoms with Crippen LogP contribution in [0.5, 0.6) is 5.75 Å². The van der Waals surface area contributed by atoms with E-state index in [1.807, 2.05) is 42.7 Å². The number of nitrogens with zero attached hydrogens (tertiary/aromatic N) is 1. The Hall–Kier alpha value is -2.08. The topological polar surface area (TPSA) is 57.5 Å². The maximum Gasteiger partial charge on any atom is 0.343 e. The number of hydrogen-bond acceptors (Lipinski definition) is 4. The lowest BCUT2D eigenvalue weighted by atomic mass is 10.2. The molecule has 1 heterocycles. The van der Waals surface area contributed by atoms with E-state index in [1.54, 1.807) is 0 Å². The van der Waals surface area contributed by atoms with Gasteiger partial charge in [-0.1, -0.05) is 34.1 Å². The molecule has 0 aliphatic rings. The molecule has 0 N–H and O–H groups in total. The van der Waals surface area contributed by atoms with Gasteiger partial charge in [0.05, 0.1) is 12.8 Å². The highest BCUT2D eigenvalue weighted by molar-refractivity contribution is 9.10. The van der Waals surface area contributed by atoms with Crippen LogP contribution in [-0.2, 0) is 16.1 Å². The molecule has 23 heavy (non-hydrogen) atoms. The highest BCUT2D eigenvalue weighted by Gasteiger charge is 2.26. The molecule has 0 aliphatic carbocycles. The minimum atomic E-state index is -0.521. The summed E-state index contributed by atoms with van der Waals surface area (Å²) in [5.41, 5.74) is 2.74. The molecule has 2 rings (SSSR count). The zero-order chi connectivity index (χ0) is 17.1. The van der Waals surface area contributed by atoms with E-state index < -0.39 is 11.9 Å². The number of ether oxygens (including phenoxy) is 2. The largest absolute Gasteiger partial charge is 0.465 e. The second-order valence-corrected chi connectivity index (χ2v) is 5.99. The zero-order valence-corrected chi connectivity index (χ0v) is 15.1. The molecule has 1 aromatic carbocycles. The Morgan fingerprint density at radius 3 is 2.39 bits per heavy atom. The van der Waals surface area contributed by atoms with Gasteiger partial charge in [0.15, 0.2) is 5.75 Å². The molecule has 0 fully saturated rings. The van der Waals surface area contributed by atoms with Gasteiger partial charge < -0.3 is 14.0 Å². The minimum absolute atomic E-state index is 0.258. The number of aromatic nitrogens is 1. The number of methoxy groups -OCH3 is 1. The van der Waals surface area contributed by atoms with Gasteiger partial charge in [0, 0.05) is 23.6 Å². The highest BCUT2D eigenvalue weighted by atomic mass is 79.9. The predicted octanol–water partition coefficient (Wildman–Crippen LogP) is 3.63. The minimum Gasteiger partial charge on any atom is -0.465 e. The number of carbonyl (C=O) groups is 2. The lowest BCUT2D eigenvalue weighted by Crippen LogP contribution is -2.08. The highest BCUT2D eigenvalue weighted by Crippen LogP contribution is 2.32. The van der Waals surface area contributed by atoms with Crippen LogP contribution >= 0.6 is 15.9 Å². The van der Waals surface area contributed by atoms with Crippen molar-refractivity contribution < 1.29 is 19.1 Å². The molecule has 0 aliphatic heterocycles. The summed E-state index contributed by atoms with van der Waals surface area (Å²) in [5.74, 6) is -0.738. The maximum absolute atomic E-state index is 12.1. The molecule has 0 saturated heterocycles. The molecular weight excluding hydrogens is 362 g/mol. The van der Waals surface area contributed by atoms with Crippen LogP contribution in [0.3, 0.4) is 0 Å². The fourth-order valence-corrected chi connectivity index (χ4v) is 2.91. The number of halogens is 1. The first-order chi connectivity index (χ1) is 10.9. The van der Waals surface area contributed by atoms with E-state index in [9.17, 15) is 9.59 Å². The van der Waals surface area contributed by atoms with Crippen molar-refractivity contribution in [3.8, 4) is 5.75 Å². The SMILES string of the molecule is COC(=O)c1c(OC(C)=O)c(C)n(Cc2ccccc2Br)c1C. The van der Waals surface area contributed by atoms with Crippen molar-refractivity contribution in [2.24, 2.45) is 0 Å². The third-order valence-electron chi connectivity index (χ3n) is 3.65. The average molecular weight is 380 g/mol. The summed E-state index contributed by atoms with van der Waals surface area (Å²) in [4.78, 5) is 23.5. The van der Waals surface area contributed by atoms with Gasteiger partial charge >= 0.3 is 11.9 Å². The van der Waals surface area contributed by atoms with Crippen LogP contribution in [0, 0.1) is 13.8 Å². The summed E-state index contributed by atoms with van der Waals surface area (Å²) in [5, 5.41) is 0. The Balaban J connectivity index is 2.56. The van der Waals surface area contributed by atoms with Crippen LogP contribution < -0.4 is 4.74 Å². The van der Waals surface area contributed by atoms with Gasteiger partial charge in [-0.15, -0.1) is 0 Å². The lowest BCUT2D eigenvalue weighted by molar-refractivity contribution is -0.131. The average Bonchev–Trinajstić information content (AvgIpc) is 2.72. The van der Waals surface area contributed by atoms with Crippen LogP contribution in [0.1, 0.15) is 34.2 Å². The molecule has 6 heteroatoms. The first kappa shape index (κ1) is 17.3. The third kappa shape index (κ3) is 3.47. The van der Waals surface area contributed by atoms with E-state index in [4.69, 9.17) is 9.47 Å². The number of benzene rings is 1. The van der Waals surface area contributed by atoms with Crippen molar-refractivity contribution >= 4 is 27.9 Å². The van der Waals surface area contributed by atoms with Gasteiger partial charge in [-0.3, -0.25) is 4.79 Å². The molecule has 5 nitrogen and oxygen atoms in total. The summed E-state index contributed by atoms with van der Waals surface area (Å²) in [6.07, 6.45) is 0. The van der Waals surface area contributed by atoms with Gasteiger partial charge in [0.25, 0.3) is 0 Å². The maximum atomic E-state index is 12.1. The summed E-state index contributed by atoms with van der Waals surface area (Å²) in [6, 6.07) is 7.83. The molecule has 0 spiro atoms. The first-order valence-electron chi connectivity index (χ1n) is 7.06. The van der Waals surface area contributed by atoms with Crippen LogP contribution in [0.15, 0.2) is 28.7 Å². The van der Waals surface area contributed by atoms with Gasteiger partial charge in [-0.25, -0.2) is 4.79 Å². The van der Waals surface area contributed by atoms with Gasteiger partial charge in [-0.2, -0.15) is 0 Å². The van der Waals surface area contributed by atoms with Crippen molar-refractivity contribution in [3.63, 3.8) is 0 Å². The first-order valence-corrected chi connectivity index (χ1v) is 7.86. The number of hydrogen-bond donors (Lipinski definition) is 0. The summed E-state index contributed by atoms with van der Waals surface area (Å²) < 4.78 is 13.0. The van der Waals surface area contributed by atoms with Crippen LogP contribution in [0.2, 0.25) is 0 Å². The van der Waals surface area contributed by atoms with E-state index in [1.165, 1.54) is 14.0 Å². The molecular formula is C17H18BrNO4. The van der Waals surface area contributed by atoms with Gasteiger partial charge in [0.2, 0.25) is 0 Å². The zero-order valence-electron chi connectivity index (χ0n) is 13.5. The summed E-state index contributed by atoms with van der Waals surface area (Å²) >= 11 is 3.52. The van der Waals surface area contributed by atoms with Gasteiger partial charge in [-0.05, 0) is 25.5 Å². The molecule has 1 aromatic heterocycles. The predicted molar refractivity (Wildman–Crippen MR) is 89.8 cm³/mol. The molecule has 0 bridgehead atoms. The van der Waals surface area contributed by atoms with Crippen LogP contribution in [0.25, 0.3) is 0 Å².